The second-order valence-corrected chi connectivity index (χ2v) is 5.86. The van der Waals surface area contributed by atoms with Gasteiger partial charge in [0, 0.05) is 43.9 Å². The fourth-order valence-electron chi connectivity index (χ4n) is 2.89. The number of aromatic hydroxyl groups is 1. The van der Waals surface area contributed by atoms with Crippen LogP contribution in [-0.2, 0) is 0 Å². The van der Waals surface area contributed by atoms with E-state index in [0.717, 1.165) is 38.3 Å². The Labute approximate surface area is 121 Å². The molecule has 0 aliphatic carbocycles. The summed E-state index contributed by atoms with van der Waals surface area (Å²) >= 11 is 0. The molecule has 0 spiro atoms. The fraction of sp³-hybridized carbons (Fsp3) is 0.625. The molecule has 1 heterocycles. The maximum absolute atomic E-state index is 9.64. The van der Waals surface area contributed by atoms with E-state index in [1.165, 1.54) is 5.56 Å². The van der Waals surface area contributed by atoms with Gasteiger partial charge in [-0.2, -0.15) is 0 Å². The number of piperazine rings is 1. The van der Waals surface area contributed by atoms with Crippen LogP contribution in [0, 0.1) is 5.92 Å². The van der Waals surface area contributed by atoms with Crippen molar-refractivity contribution in [1.82, 2.24) is 10.2 Å². The van der Waals surface area contributed by atoms with E-state index in [1.807, 2.05) is 6.07 Å². The summed E-state index contributed by atoms with van der Waals surface area (Å²) in [6, 6.07) is 5.83. The molecule has 0 aromatic heterocycles. The van der Waals surface area contributed by atoms with Gasteiger partial charge in [-0.3, -0.25) is 4.90 Å². The van der Waals surface area contributed by atoms with Gasteiger partial charge in [0.2, 0.25) is 0 Å². The molecule has 1 aliphatic heterocycles. The molecule has 0 bridgehead atoms. The summed E-state index contributed by atoms with van der Waals surface area (Å²) in [6.45, 7) is 8.69. The zero-order valence-electron chi connectivity index (χ0n) is 12.7. The molecule has 112 valence electrons. The molecule has 0 saturated carbocycles. The molecule has 2 rings (SSSR count). The van der Waals surface area contributed by atoms with Crippen LogP contribution in [-0.4, -0.2) is 43.3 Å². The summed E-state index contributed by atoms with van der Waals surface area (Å²) < 4.78 is 5.48. The summed E-state index contributed by atoms with van der Waals surface area (Å²) in [5.41, 5.74) is 1.18. The minimum absolute atomic E-state index is 0.259. The molecule has 1 saturated heterocycles. The second kappa shape index (κ2) is 6.95. The van der Waals surface area contributed by atoms with Gasteiger partial charge in [-0.1, -0.05) is 19.9 Å². The highest BCUT2D eigenvalue weighted by molar-refractivity contribution is 5.42. The van der Waals surface area contributed by atoms with Gasteiger partial charge in [-0.15, -0.1) is 0 Å². The summed E-state index contributed by atoms with van der Waals surface area (Å²) in [5, 5.41) is 13.0. The first-order valence-corrected chi connectivity index (χ1v) is 7.43. The van der Waals surface area contributed by atoms with Gasteiger partial charge >= 0.3 is 0 Å². The molecule has 1 aromatic rings. The van der Waals surface area contributed by atoms with Crippen molar-refractivity contribution in [3.63, 3.8) is 0 Å². The molecule has 2 N–H and O–H groups in total. The number of nitrogens with one attached hydrogen (secondary N) is 1. The van der Waals surface area contributed by atoms with Crippen molar-refractivity contribution in [1.29, 1.82) is 0 Å². The number of phenols is 1. The zero-order valence-corrected chi connectivity index (χ0v) is 12.7. The van der Waals surface area contributed by atoms with Gasteiger partial charge < -0.3 is 15.2 Å². The van der Waals surface area contributed by atoms with Crippen LogP contribution in [0.4, 0.5) is 0 Å². The highest BCUT2D eigenvalue weighted by Gasteiger charge is 2.25. The summed E-state index contributed by atoms with van der Waals surface area (Å²) in [5.74, 6) is 1.66. The molecular formula is C16H26N2O2. The number of hydrogen-bond donors (Lipinski definition) is 2. The Hall–Kier alpha value is -1.26. The van der Waals surface area contributed by atoms with Crippen LogP contribution in [0.1, 0.15) is 31.9 Å². The highest BCUT2D eigenvalue weighted by Crippen LogP contribution is 2.36. The summed E-state index contributed by atoms with van der Waals surface area (Å²) in [4.78, 5) is 2.52. The summed E-state index contributed by atoms with van der Waals surface area (Å²) in [7, 11) is 1.67. The fourth-order valence-corrected chi connectivity index (χ4v) is 2.89. The Kier molecular flexibility index (Phi) is 5.26. The maximum atomic E-state index is 9.64. The number of benzene rings is 1. The highest BCUT2D eigenvalue weighted by atomic mass is 16.5. The quantitative estimate of drug-likeness (QED) is 0.868. The zero-order chi connectivity index (χ0) is 14.5. The van der Waals surface area contributed by atoms with Gasteiger partial charge in [0.05, 0.1) is 7.11 Å². The molecular weight excluding hydrogens is 252 g/mol. The first-order valence-electron chi connectivity index (χ1n) is 7.43. The van der Waals surface area contributed by atoms with Gasteiger partial charge in [0.15, 0.2) is 0 Å². The van der Waals surface area contributed by atoms with Gasteiger partial charge in [-0.05, 0) is 18.4 Å². The van der Waals surface area contributed by atoms with Gasteiger partial charge in [0.25, 0.3) is 0 Å². The van der Waals surface area contributed by atoms with E-state index in [0.29, 0.717) is 12.0 Å². The molecule has 4 nitrogen and oxygen atoms in total. The number of rotatable bonds is 5. The topological polar surface area (TPSA) is 44.7 Å². The van der Waals surface area contributed by atoms with E-state index >= 15 is 0 Å². The standard InChI is InChI=1S/C16H26N2O2/c1-12(2)10-15(18-8-6-17-7-9-18)14-5-4-13(19)11-16(14)20-3/h4-5,11-12,15,17,19H,6-10H2,1-3H3/t15-/m0/s1. The minimum Gasteiger partial charge on any atom is -0.508 e. The number of methoxy groups -OCH3 is 1. The Bertz CT molecular complexity index is 428. The molecule has 0 unspecified atom stereocenters. The van der Waals surface area contributed by atoms with E-state index in [4.69, 9.17) is 4.74 Å². The van der Waals surface area contributed by atoms with Crippen LogP contribution in [0.5, 0.6) is 11.5 Å². The van der Waals surface area contributed by atoms with E-state index in [9.17, 15) is 5.11 Å². The van der Waals surface area contributed by atoms with E-state index in [-0.39, 0.29) is 5.75 Å². The molecule has 1 atom stereocenters. The Balaban J connectivity index is 2.29. The number of phenolic OH excluding ortho intramolecular Hbond substituents is 1. The minimum atomic E-state index is 0.259. The molecule has 1 aliphatic rings. The van der Waals surface area contributed by atoms with Crippen LogP contribution in [0.3, 0.4) is 0 Å². The SMILES string of the molecule is COc1cc(O)ccc1[C@H](CC(C)C)N1CCNCC1. The van der Waals surface area contributed by atoms with Crippen LogP contribution in [0.25, 0.3) is 0 Å². The van der Waals surface area contributed by atoms with Crippen LogP contribution >= 0.6 is 0 Å². The predicted molar refractivity (Wildman–Crippen MR) is 81.3 cm³/mol. The lowest BCUT2D eigenvalue weighted by molar-refractivity contribution is 0.151. The van der Waals surface area contributed by atoms with E-state index in [2.05, 4.69) is 24.1 Å². The van der Waals surface area contributed by atoms with Crippen molar-refractivity contribution in [2.75, 3.05) is 33.3 Å². The number of nitrogens with zero attached hydrogens (tertiary/aromatic N) is 1. The van der Waals surface area contributed by atoms with Crippen molar-refractivity contribution < 1.29 is 9.84 Å². The third kappa shape index (κ3) is 3.64. The van der Waals surface area contributed by atoms with Crippen molar-refractivity contribution in [2.24, 2.45) is 5.92 Å². The monoisotopic (exact) mass is 278 g/mol. The molecule has 0 amide bonds. The Morgan fingerprint density at radius 2 is 2.00 bits per heavy atom. The Morgan fingerprint density at radius 3 is 2.60 bits per heavy atom. The van der Waals surface area contributed by atoms with Crippen molar-refractivity contribution in [2.45, 2.75) is 26.3 Å². The number of ether oxygens (including phenoxy) is 1. The average molecular weight is 278 g/mol. The second-order valence-electron chi connectivity index (χ2n) is 5.86. The smallest absolute Gasteiger partial charge is 0.127 e. The van der Waals surface area contributed by atoms with Crippen molar-refractivity contribution in [3.05, 3.63) is 23.8 Å². The third-order valence-electron chi connectivity index (χ3n) is 3.86. The third-order valence-corrected chi connectivity index (χ3v) is 3.86. The molecule has 0 radical (unpaired) electrons. The molecule has 4 heteroatoms. The van der Waals surface area contributed by atoms with E-state index in [1.54, 1.807) is 19.2 Å². The molecule has 20 heavy (non-hydrogen) atoms. The number of hydrogen-bond acceptors (Lipinski definition) is 4. The summed E-state index contributed by atoms with van der Waals surface area (Å²) in [6.07, 6.45) is 1.10. The lowest BCUT2D eigenvalue weighted by Crippen LogP contribution is -2.45. The first-order chi connectivity index (χ1) is 9.61. The van der Waals surface area contributed by atoms with Crippen LogP contribution < -0.4 is 10.1 Å². The largest absolute Gasteiger partial charge is 0.508 e. The Morgan fingerprint density at radius 1 is 1.30 bits per heavy atom. The lowest BCUT2D eigenvalue weighted by atomic mass is 9.94. The predicted octanol–water partition coefficient (Wildman–Crippen LogP) is 2.39. The normalized spacial score (nSPS) is 18.2. The average Bonchev–Trinajstić information content (AvgIpc) is 2.45. The van der Waals surface area contributed by atoms with Crippen LogP contribution in [0.2, 0.25) is 0 Å². The van der Waals surface area contributed by atoms with Crippen molar-refractivity contribution >= 4 is 0 Å². The lowest BCUT2D eigenvalue weighted by Gasteiger charge is -2.36. The van der Waals surface area contributed by atoms with E-state index < -0.39 is 0 Å². The maximum Gasteiger partial charge on any atom is 0.127 e. The van der Waals surface area contributed by atoms with Crippen molar-refractivity contribution in [3.8, 4) is 11.5 Å². The van der Waals surface area contributed by atoms with Gasteiger partial charge in [0.1, 0.15) is 11.5 Å². The van der Waals surface area contributed by atoms with Crippen LogP contribution in [0.15, 0.2) is 18.2 Å². The molecule has 1 fully saturated rings. The first kappa shape index (κ1) is 15.1. The van der Waals surface area contributed by atoms with Gasteiger partial charge in [-0.25, -0.2) is 0 Å². The molecule has 1 aromatic carbocycles.